The van der Waals surface area contributed by atoms with Gasteiger partial charge in [0.1, 0.15) is 5.01 Å². The summed E-state index contributed by atoms with van der Waals surface area (Å²) < 4.78 is 0. The van der Waals surface area contributed by atoms with E-state index in [-0.39, 0.29) is 18.7 Å². The third-order valence-corrected chi connectivity index (χ3v) is 5.69. The van der Waals surface area contributed by atoms with E-state index in [1.165, 1.54) is 16.9 Å². The fraction of sp³-hybridized carbons (Fsp3) is 0.450. The Morgan fingerprint density at radius 2 is 1.81 bits per heavy atom. The Balaban J connectivity index is 2.05. The quantitative estimate of drug-likeness (QED) is 0.693. The summed E-state index contributed by atoms with van der Waals surface area (Å²) in [5.41, 5.74) is 2.33. The number of carbonyl (C=O) groups is 2. The van der Waals surface area contributed by atoms with Crippen molar-refractivity contribution in [3.05, 3.63) is 40.9 Å². The molecule has 140 valence electrons. The molecule has 0 atom stereocenters. The molecule has 0 unspecified atom stereocenters. The third-order valence-electron chi connectivity index (χ3n) is 4.75. The van der Waals surface area contributed by atoms with E-state index in [0.29, 0.717) is 18.5 Å². The van der Waals surface area contributed by atoms with Gasteiger partial charge in [0.05, 0.1) is 18.5 Å². The first-order valence-corrected chi connectivity index (χ1v) is 9.85. The van der Waals surface area contributed by atoms with Gasteiger partial charge < -0.3 is 10.4 Å². The molecule has 0 saturated carbocycles. The van der Waals surface area contributed by atoms with Crippen LogP contribution in [-0.4, -0.2) is 27.5 Å². The SMILES string of the molecule is CCc1ccc(-c2nc(CC(=O)NC(CC)(CC)CC(=O)O)cs2)cc1. The van der Waals surface area contributed by atoms with Crippen molar-refractivity contribution in [1.29, 1.82) is 0 Å². The number of hydrogen-bond donors (Lipinski definition) is 2. The number of carbonyl (C=O) groups excluding carboxylic acids is 1. The molecule has 2 aromatic rings. The van der Waals surface area contributed by atoms with E-state index in [9.17, 15) is 9.59 Å². The van der Waals surface area contributed by atoms with E-state index < -0.39 is 11.5 Å². The van der Waals surface area contributed by atoms with Crippen LogP contribution < -0.4 is 5.32 Å². The maximum absolute atomic E-state index is 12.4. The highest BCUT2D eigenvalue weighted by Crippen LogP contribution is 2.25. The Bertz CT molecular complexity index is 749. The average Bonchev–Trinajstić information content (AvgIpc) is 3.09. The molecular formula is C20H26N2O3S. The van der Waals surface area contributed by atoms with Crippen LogP contribution in [0.3, 0.4) is 0 Å². The summed E-state index contributed by atoms with van der Waals surface area (Å²) in [7, 11) is 0. The second-order valence-corrected chi connectivity index (χ2v) is 7.34. The van der Waals surface area contributed by atoms with Crippen LogP contribution in [0.2, 0.25) is 0 Å². The van der Waals surface area contributed by atoms with Crippen LogP contribution in [0.4, 0.5) is 0 Å². The highest BCUT2D eigenvalue weighted by atomic mass is 32.1. The van der Waals surface area contributed by atoms with E-state index >= 15 is 0 Å². The number of carboxylic acid groups (broad SMARTS) is 1. The highest BCUT2D eigenvalue weighted by molar-refractivity contribution is 7.13. The molecule has 5 nitrogen and oxygen atoms in total. The zero-order valence-electron chi connectivity index (χ0n) is 15.5. The number of nitrogens with one attached hydrogen (secondary N) is 1. The molecule has 0 spiro atoms. The summed E-state index contributed by atoms with van der Waals surface area (Å²) in [6, 6.07) is 8.28. The largest absolute Gasteiger partial charge is 0.481 e. The predicted octanol–water partition coefficient (Wildman–Crippen LogP) is 4.06. The molecule has 6 heteroatoms. The fourth-order valence-corrected chi connectivity index (χ4v) is 3.74. The maximum Gasteiger partial charge on any atom is 0.305 e. The van der Waals surface area contributed by atoms with Gasteiger partial charge in [0.25, 0.3) is 0 Å². The molecule has 0 fully saturated rings. The van der Waals surface area contributed by atoms with Gasteiger partial charge in [0.2, 0.25) is 5.91 Å². The molecular weight excluding hydrogens is 348 g/mol. The third kappa shape index (κ3) is 5.14. The zero-order valence-corrected chi connectivity index (χ0v) is 16.4. The van der Waals surface area contributed by atoms with Crippen LogP contribution in [0.5, 0.6) is 0 Å². The Morgan fingerprint density at radius 3 is 2.35 bits per heavy atom. The van der Waals surface area contributed by atoms with Gasteiger partial charge in [-0.05, 0) is 24.8 Å². The predicted molar refractivity (Wildman–Crippen MR) is 104 cm³/mol. The molecule has 1 heterocycles. The van der Waals surface area contributed by atoms with Crippen molar-refractivity contribution in [2.24, 2.45) is 0 Å². The molecule has 0 aliphatic carbocycles. The number of rotatable bonds is 9. The van der Waals surface area contributed by atoms with Crippen LogP contribution >= 0.6 is 11.3 Å². The molecule has 1 aromatic heterocycles. The zero-order chi connectivity index (χ0) is 19.2. The first-order valence-electron chi connectivity index (χ1n) is 8.98. The molecule has 1 amide bonds. The first-order chi connectivity index (χ1) is 12.4. The van der Waals surface area contributed by atoms with Crippen LogP contribution in [-0.2, 0) is 22.4 Å². The molecule has 2 N–H and O–H groups in total. The van der Waals surface area contributed by atoms with E-state index in [2.05, 4.69) is 29.4 Å². The van der Waals surface area contributed by atoms with Crippen molar-refractivity contribution in [1.82, 2.24) is 10.3 Å². The molecule has 0 aliphatic rings. The van der Waals surface area contributed by atoms with Crippen molar-refractivity contribution in [2.45, 2.75) is 58.4 Å². The van der Waals surface area contributed by atoms with Gasteiger partial charge in [-0.2, -0.15) is 0 Å². The van der Waals surface area contributed by atoms with Gasteiger partial charge in [0, 0.05) is 16.5 Å². The van der Waals surface area contributed by atoms with Crippen molar-refractivity contribution < 1.29 is 14.7 Å². The molecule has 1 aromatic carbocycles. The lowest BCUT2D eigenvalue weighted by molar-refractivity contribution is -0.139. The summed E-state index contributed by atoms with van der Waals surface area (Å²) in [5.74, 6) is -1.09. The molecule has 2 rings (SSSR count). The Morgan fingerprint density at radius 1 is 1.15 bits per heavy atom. The lowest BCUT2D eigenvalue weighted by Gasteiger charge is -2.31. The number of aromatic nitrogens is 1. The van der Waals surface area contributed by atoms with Crippen LogP contribution in [0.25, 0.3) is 10.6 Å². The lowest BCUT2D eigenvalue weighted by atomic mass is 9.88. The van der Waals surface area contributed by atoms with E-state index in [1.807, 2.05) is 31.4 Å². The van der Waals surface area contributed by atoms with Crippen molar-refractivity contribution >= 4 is 23.2 Å². The monoisotopic (exact) mass is 374 g/mol. The highest BCUT2D eigenvalue weighted by Gasteiger charge is 2.31. The molecule has 0 radical (unpaired) electrons. The smallest absolute Gasteiger partial charge is 0.305 e. The standard InChI is InChI=1S/C20H26N2O3S/c1-4-14-7-9-15(10-8-14)19-21-16(13-26-19)11-17(23)22-20(5-2,6-3)12-18(24)25/h7-10,13H,4-6,11-12H2,1-3H3,(H,22,23)(H,24,25). The van der Waals surface area contributed by atoms with Crippen LogP contribution in [0.15, 0.2) is 29.6 Å². The minimum atomic E-state index is -0.902. The Hall–Kier alpha value is -2.21. The summed E-state index contributed by atoms with van der Waals surface area (Å²) in [5, 5.41) is 14.8. The van der Waals surface area contributed by atoms with E-state index in [0.717, 1.165) is 17.0 Å². The normalized spacial score (nSPS) is 11.3. The van der Waals surface area contributed by atoms with Gasteiger partial charge in [-0.15, -0.1) is 11.3 Å². The molecule has 26 heavy (non-hydrogen) atoms. The summed E-state index contributed by atoms with van der Waals surface area (Å²) in [6.07, 6.45) is 2.24. The average molecular weight is 375 g/mol. The summed E-state index contributed by atoms with van der Waals surface area (Å²) in [4.78, 5) is 28.1. The van der Waals surface area contributed by atoms with Crippen molar-refractivity contribution in [3.8, 4) is 10.6 Å². The van der Waals surface area contributed by atoms with Crippen LogP contribution in [0, 0.1) is 0 Å². The maximum atomic E-state index is 12.4. The first kappa shape index (κ1) is 20.1. The minimum Gasteiger partial charge on any atom is -0.481 e. The minimum absolute atomic E-state index is 0.0716. The molecule has 0 saturated heterocycles. The number of carboxylic acids is 1. The van der Waals surface area contributed by atoms with Gasteiger partial charge >= 0.3 is 5.97 Å². The second-order valence-electron chi connectivity index (χ2n) is 6.48. The number of thiazole rings is 1. The summed E-state index contributed by atoms with van der Waals surface area (Å²) in [6.45, 7) is 5.91. The number of nitrogens with zero attached hydrogens (tertiary/aromatic N) is 1. The summed E-state index contributed by atoms with van der Waals surface area (Å²) >= 11 is 1.51. The number of aliphatic carboxylic acids is 1. The van der Waals surface area contributed by atoms with Crippen LogP contribution in [0.1, 0.15) is 51.3 Å². The Kier molecular flexibility index (Phi) is 6.91. The second kappa shape index (κ2) is 8.94. The molecule has 0 aliphatic heterocycles. The van der Waals surface area contributed by atoms with Gasteiger partial charge in [0.15, 0.2) is 0 Å². The Labute approximate surface area is 158 Å². The fourth-order valence-electron chi connectivity index (χ4n) is 2.92. The van der Waals surface area contributed by atoms with Crippen molar-refractivity contribution in [2.75, 3.05) is 0 Å². The number of aryl methyl sites for hydroxylation is 1. The number of amides is 1. The van der Waals surface area contributed by atoms with E-state index in [1.54, 1.807) is 0 Å². The number of benzene rings is 1. The molecule has 0 bridgehead atoms. The van der Waals surface area contributed by atoms with Gasteiger partial charge in [-0.1, -0.05) is 45.0 Å². The topological polar surface area (TPSA) is 79.3 Å². The van der Waals surface area contributed by atoms with Gasteiger partial charge in [-0.25, -0.2) is 4.98 Å². The van der Waals surface area contributed by atoms with Gasteiger partial charge in [-0.3, -0.25) is 9.59 Å². The van der Waals surface area contributed by atoms with Crippen molar-refractivity contribution in [3.63, 3.8) is 0 Å². The lowest BCUT2D eigenvalue weighted by Crippen LogP contribution is -2.49. The number of hydrogen-bond acceptors (Lipinski definition) is 4. The van der Waals surface area contributed by atoms with E-state index in [4.69, 9.17) is 5.11 Å².